The van der Waals surface area contributed by atoms with Gasteiger partial charge in [-0.2, -0.15) is 0 Å². The summed E-state index contributed by atoms with van der Waals surface area (Å²) in [5, 5.41) is 0. The number of hydrogen-bond donors (Lipinski definition) is 0. The van der Waals surface area contributed by atoms with Gasteiger partial charge < -0.3 is 0 Å². The largest absolute Gasteiger partial charge is 0 e. The van der Waals surface area contributed by atoms with E-state index in [0.717, 1.165) is 5.57 Å². The maximum absolute atomic E-state index is 7.50. The second-order valence-corrected chi connectivity index (χ2v) is 0.925. The topological polar surface area (TPSA) is 119 Å². The zero-order valence-corrected chi connectivity index (χ0v) is 11.5. The molecule has 0 aromatic carbocycles. The number of rotatable bonds is 0. The molecule has 0 aromatic heterocycles. The maximum atomic E-state index is 7.50. The smallest absolute Gasteiger partial charge is 0 e. The quantitative estimate of drug-likeness (QED) is 0.351. The van der Waals surface area contributed by atoms with Gasteiger partial charge in [0.1, 0.15) is 0 Å². The molecular formula is C11H6Co2O6. The van der Waals surface area contributed by atoms with E-state index in [0.29, 0.717) is 0 Å². The summed E-state index contributed by atoms with van der Waals surface area (Å²) < 4.78 is 45.0. The molecule has 0 spiro atoms. The Morgan fingerprint density at radius 1 is 0.737 bits per heavy atom. The Morgan fingerprint density at radius 2 is 0.789 bits per heavy atom. The maximum Gasteiger partial charge on any atom is 0 e. The second kappa shape index (κ2) is 549. The van der Waals surface area contributed by atoms with Gasteiger partial charge in [0.15, 0.2) is 0 Å². The van der Waals surface area contributed by atoms with Crippen molar-refractivity contribution in [1.29, 1.82) is 0 Å². The molecule has 0 bridgehead atoms. The first-order valence-electron chi connectivity index (χ1n) is 2.62. The average molecular weight is 352 g/mol. The third-order valence-electron chi connectivity index (χ3n) is 0.246. The van der Waals surface area contributed by atoms with Crippen molar-refractivity contribution in [3.63, 3.8) is 0 Å². The van der Waals surface area contributed by atoms with Gasteiger partial charge in [0.2, 0.25) is 0 Å². The third kappa shape index (κ3) is 6430. The summed E-state index contributed by atoms with van der Waals surface area (Å²) in [5.41, 5.74) is 0.782. The molecule has 0 atom stereocenters. The molecule has 0 aliphatic heterocycles. The van der Waals surface area contributed by atoms with Gasteiger partial charge in [-0.05, 0) is 12.5 Å². The Hall–Kier alpha value is -1.25. The van der Waals surface area contributed by atoms with Crippen molar-refractivity contribution in [2.24, 2.45) is 0 Å². The van der Waals surface area contributed by atoms with E-state index in [9.17, 15) is 0 Å². The van der Waals surface area contributed by atoms with E-state index in [1.54, 1.807) is 6.92 Å². The molecule has 0 N–H and O–H groups in total. The summed E-state index contributed by atoms with van der Waals surface area (Å²) in [6.07, 6.45) is 4.82. The van der Waals surface area contributed by atoms with Crippen LogP contribution in [0.1, 0.15) is 6.92 Å². The molecule has 19 heavy (non-hydrogen) atoms. The van der Waals surface area contributed by atoms with Gasteiger partial charge in [0.05, 0.1) is 0 Å². The van der Waals surface area contributed by atoms with Crippen LogP contribution in [-0.2, 0) is 61.5 Å². The molecule has 0 rings (SSSR count). The van der Waals surface area contributed by atoms with Crippen LogP contribution in [0.25, 0.3) is 0 Å². The van der Waals surface area contributed by atoms with Crippen LogP contribution in [0, 0.1) is 52.2 Å². The van der Waals surface area contributed by atoms with E-state index in [1.165, 1.54) is 0 Å². The van der Waals surface area contributed by atoms with Gasteiger partial charge in [0.25, 0.3) is 0 Å². The van der Waals surface area contributed by atoms with Crippen molar-refractivity contribution >= 4 is 0 Å². The molecular weight excluding hydrogens is 346 g/mol. The Labute approximate surface area is 133 Å². The monoisotopic (exact) mass is 352 g/mol. The van der Waals surface area contributed by atoms with E-state index in [4.69, 9.17) is 34.3 Å². The number of terminal acetylenes is 1. The summed E-state index contributed by atoms with van der Waals surface area (Å²) >= 11 is 0. The Kier molecular flexibility index (Phi) is 1880. The molecule has 104 valence electrons. The van der Waals surface area contributed by atoms with Gasteiger partial charge in [-0.3, -0.25) is 0 Å². The number of allylic oxidation sites excluding steroid dienone is 1. The Morgan fingerprint density at radius 3 is 0.789 bits per heavy atom. The molecule has 0 aliphatic rings. The van der Waals surface area contributed by atoms with Gasteiger partial charge in [-0.25, -0.2) is 0 Å². The molecule has 0 heterocycles. The zero-order valence-electron chi connectivity index (χ0n) is 9.40. The van der Waals surface area contributed by atoms with Crippen molar-refractivity contribution in [2.45, 2.75) is 6.92 Å². The van der Waals surface area contributed by atoms with Crippen LogP contribution < -0.4 is 0 Å². The van der Waals surface area contributed by atoms with Crippen LogP contribution in [0.4, 0.5) is 0 Å². The molecule has 0 aliphatic carbocycles. The van der Waals surface area contributed by atoms with Gasteiger partial charge in [-0.15, -0.1) is 6.42 Å². The van der Waals surface area contributed by atoms with Crippen LogP contribution in [0.5, 0.6) is 0 Å². The number of hydrogen-bond acceptors (Lipinski definition) is 0. The normalized spacial score (nSPS) is 2.11. The Bertz CT molecular complexity index is 231. The van der Waals surface area contributed by atoms with Crippen molar-refractivity contribution < 1.29 is 61.5 Å². The fraction of sp³-hybridized carbons (Fsp3) is 0.0909. The molecule has 2 radical (unpaired) electrons. The predicted molar refractivity (Wildman–Crippen MR) is 47.2 cm³/mol. The summed E-state index contributed by atoms with van der Waals surface area (Å²) in [6.45, 7) is 32.2. The first kappa shape index (κ1) is 65.0. The first-order chi connectivity index (χ1) is 8.27. The zero-order chi connectivity index (χ0) is 16.3. The summed E-state index contributed by atoms with van der Waals surface area (Å²) in [6, 6.07) is 0. The molecule has 0 aromatic rings. The molecule has 6 nitrogen and oxygen atoms in total. The van der Waals surface area contributed by atoms with E-state index >= 15 is 0 Å². The summed E-state index contributed by atoms with van der Waals surface area (Å²) in [4.78, 5) is 0. The molecule has 8 heteroatoms. The standard InChI is InChI=1S/C5H6.6CO.2Co/c1-4-5(2)3;6*1-2;;/h1H,2H2,3H3;;;;;;;;. The van der Waals surface area contributed by atoms with Crippen molar-refractivity contribution in [2.75, 3.05) is 0 Å². The third-order valence-corrected chi connectivity index (χ3v) is 0.246. The molecule has 0 fully saturated rings. The SMILES string of the molecule is C#CC(=C)C.[C-]#[O+].[C-]#[O+].[C-]#[O+].[C-]#[O+].[C-]#[O+].[C-]#[O+].[Co].[Co]. The van der Waals surface area contributed by atoms with E-state index in [2.05, 4.69) is 52.4 Å². The minimum absolute atomic E-state index is 0. The van der Waals surface area contributed by atoms with Gasteiger partial charge in [0, 0.05) is 33.6 Å². The fourth-order valence-electron chi connectivity index (χ4n) is 0. The fourth-order valence-corrected chi connectivity index (χ4v) is 0. The average Bonchev–Trinajstić information content (AvgIpc) is 2.51. The Balaban J connectivity index is -0.00000000912. The van der Waals surface area contributed by atoms with E-state index in [-0.39, 0.29) is 33.6 Å². The molecule has 0 saturated heterocycles. The van der Waals surface area contributed by atoms with Gasteiger partial charge >= 0.3 is 67.8 Å². The van der Waals surface area contributed by atoms with Gasteiger partial charge in [-0.1, -0.05) is 12.5 Å². The summed E-state index contributed by atoms with van der Waals surface area (Å²) in [7, 11) is 0. The van der Waals surface area contributed by atoms with Crippen molar-refractivity contribution in [3.8, 4) is 12.3 Å². The van der Waals surface area contributed by atoms with Crippen LogP contribution in [0.15, 0.2) is 12.2 Å². The van der Waals surface area contributed by atoms with Crippen LogP contribution in [0.2, 0.25) is 0 Å². The van der Waals surface area contributed by atoms with Crippen molar-refractivity contribution in [1.82, 2.24) is 0 Å². The minimum atomic E-state index is 0. The first-order valence-corrected chi connectivity index (χ1v) is 2.62. The molecule has 0 amide bonds. The van der Waals surface area contributed by atoms with E-state index in [1.807, 2.05) is 0 Å². The van der Waals surface area contributed by atoms with Crippen LogP contribution in [-0.4, -0.2) is 0 Å². The van der Waals surface area contributed by atoms with Crippen molar-refractivity contribution in [3.05, 3.63) is 52.1 Å². The van der Waals surface area contributed by atoms with Crippen LogP contribution >= 0.6 is 0 Å². The molecule has 0 saturated carbocycles. The minimum Gasteiger partial charge on any atom is 0 e. The summed E-state index contributed by atoms with van der Waals surface area (Å²) in [5.74, 6) is 2.33. The second-order valence-electron chi connectivity index (χ2n) is 0.925. The van der Waals surface area contributed by atoms with Crippen LogP contribution in [0.3, 0.4) is 0 Å². The predicted octanol–water partition coefficient (Wildman–Crippen LogP) is 0.966. The molecule has 0 unspecified atom stereocenters. The van der Waals surface area contributed by atoms with E-state index < -0.39 is 0 Å².